The Morgan fingerprint density at radius 1 is 1.10 bits per heavy atom. The predicted octanol–water partition coefficient (Wildman–Crippen LogP) is 3.41. The van der Waals surface area contributed by atoms with E-state index in [1.54, 1.807) is 16.4 Å². The molecule has 0 saturated carbocycles. The predicted molar refractivity (Wildman–Crippen MR) is 120 cm³/mol. The summed E-state index contributed by atoms with van der Waals surface area (Å²) in [7, 11) is -3.49. The van der Waals surface area contributed by atoms with Gasteiger partial charge in [-0.15, -0.1) is 0 Å². The average molecular weight is 448 g/mol. The van der Waals surface area contributed by atoms with Crippen molar-refractivity contribution in [3.05, 3.63) is 53.7 Å². The fourth-order valence-corrected chi connectivity index (χ4v) is 5.59. The van der Waals surface area contributed by atoms with Crippen LogP contribution in [0.5, 0.6) is 0 Å². The third-order valence-corrected chi connectivity index (χ3v) is 8.07. The summed E-state index contributed by atoms with van der Waals surface area (Å²) in [6.45, 7) is 3.79. The lowest BCUT2D eigenvalue weighted by atomic mass is 10.1. The summed E-state index contributed by atoms with van der Waals surface area (Å²) in [5.41, 5.74) is 2.45. The Balaban J connectivity index is 1.47. The van der Waals surface area contributed by atoms with Gasteiger partial charge in [-0.25, -0.2) is 13.4 Å². The molecule has 3 rings (SSSR count). The van der Waals surface area contributed by atoms with Crippen LogP contribution < -0.4 is 5.32 Å². The minimum atomic E-state index is -3.49. The van der Waals surface area contributed by atoms with Gasteiger partial charge < -0.3 is 5.32 Å². The van der Waals surface area contributed by atoms with E-state index in [4.69, 9.17) is 0 Å². The molecule has 2 heterocycles. The maximum Gasteiger partial charge on any atom is 0.244 e. The van der Waals surface area contributed by atoms with E-state index in [0.717, 1.165) is 32.1 Å². The van der Waals surface area contributed by atoms with Gasteiger partial charge in [0.15, 0.2) is 0 Å². The first-order valence-electron chi connectivity index (χ1n) is 10.4. The van der Waals surface area contributed by atoms with Crippen LogP contribution in [-0.2, 0) is 21.2 Å². The van der Waals surface area contributed by atoms with Gasteiger partial charge >= 0.3 is 0 Å². The zero-order chi connectivity index (χ0) is 21.4. The topological polar surface area (TPSA) is 79.4 Å². The maximum absolute atomic E-state index is 12.8. The highest BCUT2D eigenvalue weighted by atomic mass is 32.2. The van der Waals surface area contributed by atoms with Crippen molar-refractivity contribution >= 4 is 27.7 Å². The van der Waals surface area contributed by atoms with Crippen molar-refractivity contribution in [2.75, 3.05) is 25.4 Å². The molecule has 1 saturated heterocycles. The molecule has 0 spiro atoms. The largest absolute Gasteiger partial charge is 0.355 e. The lowest BCUT2D eigenvalue weighted by molar-refractivity contribution is -0.118. The highest BCUT2D eigenvalue weighted by molar-refractivity contribution is 7.99. The van der Waals surface area contributed by atoms with Crippen LogP contribution in [0.2, 0.25) is 0 Å². The van der Waals surface area contributed by atoms with Crippen molar-refractivity contribution in [2.45, 2.75) is 48.9 Å². The van der Waals surface area contributed by atoms with Crippen molar-refractivity contribution < 1.29 is 13.2 Å². The van der Waals surface area contributed by atoms with Crippen molar-refractivity contribution in [1.29, 1.82) is 0 Å². The number of thioether (sulfide) groups is 1. The first-order chi connectivity index (χ1) is 14.5. The number of benzene rings is 1. The molecule has 0 unspecified atom stereocenters. The molecule has 0 aliphatic carbocycles. The quantitative estimate of drug-likeness (QED) is 0.628. The molecule has 1 fully saturated rings. The van der Waals surface area contributed by atoms with E-state index in [0.29, 0.717) is 24.7 Å². The van der Waals surface area contributed by atoms with Crippen molar-refractivity contribution in [3.63, 3.8) is 0 Å². The second-order valence-corrected chi connectivity index (χ2v) is 10.4. The fraction of sp³-hybridized carbons (Fsp3) is 0.455. The Labute approximate surface area is 183 Å². The number of hydrogen-bond donors (Lipinski definition) is 1. The summed E-state index contributed by atoms with van der Waals surface area (Å²) in [5.74, 6) is 0.190. The van der Waals surface area contributed by atoms with Gasteiger partial charge in [-0.2, -0.15) is 4.31 Å². The van der Waals surface area contributed by atoms with Gasteiger partial charge in [0.25, 0.3) is 0 Å². The summed E-state index contributed by atoms with van der Waals surface area (Å²) >= 11 is 1.30. The van der Waals surface area contributed by atoms with Crippen LogP contribution in [0, 0.1) is 6.92 Å². The Kier molecular flexibility index (Phi) is 8.30. The second kappa shape index (κ2) is 10.9. The monoisotopic (exact) mass is 447 g/mol. The van der Waals surface area contributed by atoms with E-state index in [9.17, 15) is 13.2 Å². The highest BCUT2D eigenvalue weighted by Crippen LogP contribution is 2.22. The van der Waals surface area contributed by atoms with E-state index in [2.05, 4.69) is 29.4 Å². The number of aromatic nitrogens is 1. The van der Waals surface area contributed by atoms with Crippen LogP contribution in [0.3, 0.4) is 0 Å². The molecule has 162 valence electrons. The van der Waals surface area contributed by atoms with Crippen LogP contribution in [0.1, 0.15) is 36.8 Å². The number of hydrogen-bond acceptors (Lipinski definition) is 5. The van der Waals surface area contributed by atoms with E-state index in [1.807, 2.05) is 12.1 Å². The molecule has 1 aliphatic rings. The highest BCUT2D eigenvalue weighted by Gasteiger charge is 2.25. The van der Waals surface area contributed by atoms with Gasteiger partial charge in [0.05, 0.1) is 10.8 Å². The molecule has 8 heteroatoms. The second-order valence-electron chi connectivity index (χ2n) is 7.47. The molecular weight excluding hydrogens is 418 g/mol. The van der Waals surface area contributed by atoms with E-state index < -0.39 is 10.0 Å². The SMILES string of the molecule is Cc1ccccc1CCNC(=O)CSc1ccc(S(=O)(=O)N2CCCCCC2)cn1. The molecule has 1 aromatic heterocycles. The first-order valence-corrected chi connectivity index (χ1v) is 12.8. The van der Waals surface area contributed by atoms with Crippen molar-refractivity contribution in [1.82, 2.24) is 14.6 Å². The van der Waals surface area contributed by atoms with Crippen LogP contribution >= 0.6 is 11.8 Å². The Morgan fingerprint density at radius 3 is 2.50 bits per heavy atom. The number of nitrogens with zero attached hydrogens (tertiary/aromatic N) is 2. The van der Waals surface area contributed by atoms with Crippen molar-refractivity contribution in [3.8, 4) is 0 Å². The maximum atomic E-state index is 12.8. The van der Waals surface area contributed by atoms with Crippen LogP contribution in [-0.4, -0.2) is 49.0 Å². The number of sulfonamides is 1. The van der Waals surface area contributed by atoms with E-state index >= 15 is 0 Å². The molecule has 1 aliphatic heterocycles. The number of rotatable bonds is 8. The number of amides is 1. The van der Waals surface area contributed by atoms with Crippen LogP contribution in [0.4, 0.5) is 0 Å². The third kappa shape index (κ3) is 6.30. The first kappa shape index (κ1) is 22.8. The number of pyridine rings is 1. The van der Waals surface area contributed by atoms with Gasteiger partial charge in [-0.3, -0.25) is 4.79 Å². The lowest BCUT2D eigenvalue weighted by Crippen LogP contribution is -2.32. The lowest BCUT2D eigenvalue weighted by Gasteiger charge is -2.19. The van der Waals surface area contributed by atoms with Crippen molar-refractivity contribution in [2.24, 2.45) is 0 Å². The number of aryl methyl sites for hydroxylation is 1. The molecule has 1 aromatic carbocycles. The standard InChI is InChI=1S/C22H29N3O3S2/c1-18-8-4-5-9-19(18)12-13-23-21(26)17-29-22-11-10-20(16-24-22)30(27,28)25-14-6-2-3-7-15-25/h4-5,8-11,16H,2-3,6-7,12-15,17H2,1H3,(H,23,26). The molecule has 0 radical (unpaired) electrons. The molecule has 2 aromatic rings. The minimum absolute atomic E-state index is 0.0587. The molecule has 0 bridgehead atoms. The van der Waals surface area contributed by atoms with Gasteiger partial charge in [-0.1, -0.05) is 48.9 Å². The third-order valence-electron chi connectivity index (χ3n) is 5.24. The molecule has 1 amide bonds. The molecule has 0 atom stereocenters. The Bertz CT molecular complexity index is 938. The smallest absolute Gasteiger partial charge is 0.244 e. The zero-order valence-electron chi connectivity index (χ0n) is 17.3. The Hall–Kier alpha value is -1.90. The number of carbonyl (C=O) groups excluding carboxylic acids is 1. The summed E-state index contributed by atoms with van der Waals surface area (Å²) in [4.78, 5) is 16.6. The van der Waals surface area contributed by atoms with E-state index in [1.165, 1.54) is 29.1 Å². The fourth-order valence-electron chi connectivity index (χ4n) is 3.45. The summed E-state index contributed by atoms with van der Waals surface area (Å²) < 4.78 is 27.1. The van der Waals surface area contributed by atoms with E-state index in [-0.39, 0.29) is 16.6 Å². The van der Waals surface area contributed by atoms with Crippen LogP contribution in [0.25, 0.3) is 0 Å². The van der Waals surface area contributed by atoms with Crippen LogP contribution in [0.15, 0.2) is 52.5 Å². The summed E-state index contributed by atoms with van der Waals surface area (Å²) in [5, 5.41) is 3.56. The minimum Gasteiger partial charge on any atom is -0.355 e. The summed E-state index contributed by atoms with van der Waals surface area (Å²) in [6, 6.07) is 11.4. The molecule has 1 N–H and O–H groups in total. The van der Waals surface area contributed by atoms with Gasteiger partial charge in [-0.05, 0) is 49.4 Å². The zero-order valence-corrected chi connectivity index (χ0v) is 19.0. The number of nitrogens with one attached hydrogen (secondary N) is 1. The molecule has 6 nitrogen and oxygen atoms in total. The molecular formula is C22H29N3O3S2. The van der Waals surface area contributed by atoms with Gasteiger partial charge in [0.1, 0.15) is 4.90 Å². The summed E-state index contributed by atoms with van der Waals surface area (Å²) in [6.07, 6.45) is 6.15. The van der Waals surface area contributed by atoms with Gasteiger partial charge in [0, 0.05) is 25.8 Å². The average Bonchev–Trinajstić information content (AvgIpc) is 3.04. The Morgan fingerprint density at radius 2 is 1.83 bits per heavy atom. The number of carbonyl (C=O) groups is 1. The van der Waals surface area contributed by atoms with Gasteiger partial charge in [0.2, 0.25) is 15.9 Å². The normalized spacial score (nSPS) is 15.5. The molecule has 30 heavy (non-hydrogen) atoms.